The summed E-state index contributed by atoms with van der Waals surface area (Å²) in [6.45, 7) is 5.86. The Labute approximate surface area is 162 Å². The number of hydrogen-bond donors (Lipinski definition) is 0. The smallest absolute Gasteiger partial charge is 0.0477 e. The first-order chi connectivity index (χ1) is 13.3. The molecule has 0 saturated carbocycles. The fourth-order valence-electron chi connectivity index (χ4n) is 4.96. The summed E-state index contributed by atoms with van der Waals surface area (Å²) >= 11 is 0. The molecule has 2 aliphatic rings. The van der Waals surface area contributed by atoms with Gasteiger partial charge in [-0.25, -0.2) is 0 Å². The molecule has 0 bridgehead atoms. The third-order valence-electron chi connectivity index (χ3n) is 6.60. The maximum Gasteiger partial charge on any atom is 0.0477 e. The van der Waals surface area contributed by atoms with Crippen LogP contribution in [-0.4, -0.2) is 46.6 Å². The molecule has 3 aromatic rings. The van der Waals surface area contributed by atoms with Crippen molar-refractivity contribution in [3.63, 3.8) is 0 Å². The summed E-state index contributed by atoms with van der Waals surface area (Å²) in [4.78, 5) is 5.37. The first-order valence-electron chi connectivity index (χ1n) is 10.3. The quantitative estimate of drug-likeness (QED) is 0.704. The molecule has 3 heteroatoms. The van der Waals surface area contributed by atoms with E-state index in [2.05, 4.69) is 76.1 Å². The highest BCUT2D eigenvalue weighted by atomic mass is 15.3. The summed E-state index contributed by atoms with van der Waals surface area (Å²) in [6, 6.07) is 18.9. The van der Waals surface area contributed by atoms with Gasteiger partial charge >= 0.3 is 0 Å². The van der Waals surface area contributed by atoms with Crippen LogP contribution < -0.4 is 0 Å². The molecule has 0 amide bonds. The second-order valence-electron chi connectivity index (χ2n) is 8.30. The summed E-state index contributed by atoms with van der Waals surface area (Å²) in [7, 11) is 2.12. The summed E-state index contributed by atoms with van der Waals surface area (Å²) in [5.74, 6) is 0. The van der Waals surface area contributed by atoms with E-state index in [1.165, 1.54) is 61.9 Å². The average molecular weight is 360 g/mol. The molecule has 2 aromatic carbocycles. The van der Waals surface area contributed by atoms with E-state index in [0.29, 0.717) is 0 Å². The van der Waals surface area contributed by atoms with Gasteiger partial charge in [-0.2, -0.15) is 0 Å². The zero-order chi connectivity index (χ0) is 18.2. The lowest BCUT2D eigenvalue weighted by atomic mass is 9.87. The highest BCUT2D eigenvalue weighted by Gasteiger charge is 2.27. The Bertz CT molecular complexity index is 934. The number of fused-ring (bicyclic) bond motifs is 2. The van der Waals surface area contributed by atoms with Crippen molar-refractivity contribution in [3.8, 4) is 0 Å². The second-order valence-corrected chi connectivity index (χ2v) is 8.30. The van der Waals surface area contributed by atoms with Crippen molar-refractivity contribution in [1.82, 2.24) is 14.4 Å². The molecule has 1 aliphatic carbocycles. The van der Waals surface area contributed by atoms with Gasteiger partial charge in [0.2, 0.25) is 0 Å². The van der Waals surface area contributed by atoms with Crippen LogP contribution in [0.5, 0.6) is 0 Å². The van der Waals surface area contributed by atoms with E-state index in [-0.39, 0.29) is 0 Å². The van der Waals surface area contributed by atoms with Crippen molar-refractivity contribution in [3.05, 3.63) is 71.4 Å². The Morgan fingerprint density at radius 3 is 2.59 bits per heavy atom. The minimum Gasteiger partial charge on any atom is -0.351 e. The normalized spacial score (nSPS) is 21.4. The summed E-state index contributed by atoms with van der Waals surface area (Å²) in [5.41, 5.74) is 5.91. The topological polar surface area (TPSA) is 11.4 Å². The first-order valence-corrected chi connectivity index (χ1v) is 10.3. The number of aryl methyl sites for hydroxylation is 2. The average Bonchev–Trinajstić information content (AvgIpc) is 3.08. The standard InChI is InChI=1S/C24H29N3/c1-25-11-10-22-16-19(6-9-24(22)25)18-26-12-14-27(15-13-26)23-8-7-20-4-2-3-5-21(20)17-23/h2-6,9-11,16,23H,7-8,12-15,17-18H2,1H3. The number of nitrogens with zero attached hydrogens (tertiary/aromatic N) is 3. The molecular weight excluding hydrogens is 330 g/mol. The fraction of sp³-hybridized carbons (Fsp3) is 0.417. The van der Waals surface area contributed by atoms with Crippen LogP contribution in [-0.2, 0) is 26.4 Å². The van der Waals surface area contributed by atoms with Gasteiger partial charge in [0.25, 0.3) is 0 Å². The Hall–Kier alpha value is -2.10. The van der Waals surface area contributed by atoms with Crippen molar-refractivity contribution in [2.75, 3.05) is 26.2 Å². The molecule has 1 aromatic heterocycles. The molecule has 1 atom stereocenters. The largest absolute Gasteiger partial charge is 0.351 e. The fourth-order valence-corrected chi connectivity index (χ4v) is 4.96. The third-order valence-corrected chi connectivity index (χ3v) is 6.60. The van der Waals surface area contributed by atoms with Gasteiger partial charge in [-0.3, -0.25) is 9.80 Å². The molecule has 0 N–H and O–H groups in total. The lowest BCUT2D eigenvalue weighted by Crippen LogP contribution is -2.51. The predicted molar refractivity (Wildman–Crippen MR) is 112 cm³/mol. The van der Waals surface area contributed by atoms with Crippen LogP contribution in [0.4, 0.5) is 0 Å². The molecule has 1 fully saturated rings. The number of benzene rings is 2. The highest BCUT2D eigenvalue weighted by Crippen LogP contribution is 2.25. The summed E-state index contributed by atoms with van der Waals surface area (Å²) in [6.07, 6.45) is 5.95. The minimum absolute atomic E-state index is 0.739. The van der Waals surface area contributed by atoms with Crippen LogP contribution >= 0.6 is 0 Å². The summed E-state index contributed by atoms with van der Waals surface area (Å²) < 4.78 is 2.19. The Morgan fingerprint density at radius 2 is 1.74 bits per heavy atom. The van der Waals surface area contributed by atoms with E-state index >= 15 is 0 Å². The number of aromatic nitrogens is 1. The summed E-state index contributed by atoms with van der Waals surface area (Å²) in [5, 5.41) is 1.36. The van der Waals surface area contributed by atoms with E-state index in [0.717, 1.165) is 12.6 Å². The molecule has 2 heterocycles. The van der Waals surface area contributed by atoms with Gasteiger partial charge in [0, 0.05) is 57.5 Å². The maximum atomic E-state index is 2.74. The predicted octanol–water partition coefficient (Wildman–Crippen LogP) is 3.85. The molecule has 0 radical (unpaired) electrons. The minimum atomic E-state index is 0.739. The van der Waals surface area contributed by atoms with Crippen molar-refractivity contribution in [2.24, 2.45) is 7.05 Å². The highest BCUT2D eigenvalue weighted by molar-refractivity contribution is 5.80. The van der Waals surface area contributed by atoms with E-state index in [1.807, 2.05) is 0 Å². The Morgan fingerprint density at radius 1 is 0.926 bits per heavy atom. The molecule has 1 unspecified atom stereocenters. The van der Waals surface area contributed by atoms with Crippen molar-refractivity contribution in [1.29, 1.82) is 0 Å². The van der Waals surface area contributed by atoms with Gasteiger partial charge in [0.15, 0.2) is 0 Å². The number of hydrogen-bond acceptors (Lipinski definition) is 2. The molecule has 3 nitrogen and oxygen atoms in total. The second kappa shape index (κ2) is 7.14. The Balaban J connectivity index is 1.19. The monoisotopic (exact) mass is 359 g/mol. The van der Waals surface area contributed by atoms with E-state index in [9.17, 15) is 0 Å². The molecule has 1 saturated heterocycles. The van der Waals surface area contributed by atoms with Crippen LogP contribution in [0, 0.1) is 0 Å². The van der Waals surface area contributed by atoms with Crippen molar-refractivity contribution < 1.29 is 0 Å². The molecule has 140 valence electrons. The Kier molecular flexibility index (Phi) is 4.50. The van der Waals surface area contributed by atoms with Crippen molar-refractivity contribution in [2.45, 2.75) is 31.8 Å². The number of piperazine rings is 1. The molecule has 5 rings (SSSR count). The van der Waals surface area contributed by atoms with Crippen LogP contribution in [0.1, 0.15) is 23.1 Å². The van der Waals surface area contributed by atoms with E-state index in [1.54, 1.807) is 11.1 Å². The molecule has 1 aliphatic heterocycles. The van der Waals surface area contributed by atoms with Gasteiger partial charge < -0.3 is 4.57 Å². The van der Waals surface area contributed by atoms with Gasteiger partial charge in [-0.1, -0.05) is 30.3 Å². The first kappa shape index (κ1) is 17.0. The van der Waals surface area contributed by atoms with E-state index in [4.69, 9.17) is 0 Å². The zero-order valence-electron chi connectivity index (χ0n) is 16.3. The van der Waals surface area contributed by atoms with Gasteiger partial charge in [0.05, 0.1) is 0 Å². The third kappa shape index (κ3) is 3.42. The molecule has 0 spiro atoms. The van der Waals surface area contributed by atoms with E-state index < -0.39 is 0 Å². The lowest BCUT2D eigenvalue weighted by molar-refractivity contribution is 0.0857. The molecular formula is C24H29N3. The SMILES string of the molecule is Cn1ccc2cc(CN3CCN(C4CCc5ccccc5C4)CC3)ccc21. The van der Waals surface area contributed by atoms with Crippen LogP contribution in [0.3, 0.4) is 0 Å². The van der Waals surface area contributed by atoms with Crippen molar-refractivity contribution >= 4 is 10.9 Å². The molecule has 27 heavy (non-hydrogen) atoms. The lowest BCUT2D eigenvalue weighted by Gasteiger charge is -2.41. The van der Waals surface area contributed by atoms with Crippen LogP contribution in [0.15, 0.2) is 54.7 Å². The van der Waals surface area contributed by atoms with Crippen LogP contribution in [0.2, 0.25) is 0 Å². The van der Waals surface area contributed by atoms with Gasteiger partial charge in [0.1, 0.15) is 0 Å². The zero-order valence-corrected chi connectivity index (χ0v) is 16.3. The van der Waals surface area contributed by atoms with Gasteiger partial charge in [-0.05, 0) is 59.5 Å². The maximum absolute atomic E-state index is 2.74. The van der Waals surface area contributed by atoms with Gasteiger partial charge in [-0.15, -0.1) is 0 Å². The van der Waals surface area contributed by atoms with Crippen LogP contribution in [0.25, 0.3) is 10.9 Å². The number of rotatable bonds is 3.